The van der Waals surface area contributed by atoms with E-state index in [9.17, 15) is 0 Å². The highest BCUT2D eigenvalue weighted by molar-refractivity contribution is 6.25. The molecular formula is C55H39N3. The molecule has 9 aromatic rings. The van der Waals surface area contributed by atoms with Crippen molar-refractivity contribution in [2.45, 2.75) is 24.7 Å². The number of pyridine rings is 1. The zero-order chi connectivity index (χ0) is 38.4. The van der Waals surface area contributed by atoms with Gasteiger partial charge in [-0.15, -0.1) is 0 Å². The van der Waals surface area contributed by atoms with Crippen LogP contribution >= 0.6 is 0 Å². The van der Waals surface area contributed by atoms with Gasteiger partial charge in [-0.2, -0.15) is 0 Å². The van der Waals surface area contributed by atoms with Gasteiger partial charge in [-0.05, 0) is 108 Å². The van der Waals surface area contributed by atoms with Crippen molar-refractivity contribution in [2.24, 2.45) is 0 Å². The van der Waals surface area contributed by atoms with Crippen molar-refractivity contribution in [3.8, 4) is 22.5 Å². The third-order valence-electron chi connectivity index (χ3n) is 12.1. The largest absolute Gasteiger partial charge is 0.264 e. The average Bonchev–Trinajstić information content (AvgIpc) is 3.31. The van der Waals surface area contributed by atoms with Crippen LogP contribution in [0.4, 0.5) is 0 Å². The van der Waals surface area contributed by atoms with Crippen molar-refractivity contribution < 1.29 is 0 Å². The molecule has 2 aliphatic rings. The summed E-state index contributed by atoms with van der Waals surface area (Å²) in [6.45, 7) is 0. The highest BCUT2D eigenvalue weighted by atomic mass is 14.9. The summed E-state index contributed by atoms with van der Waals surface area (Å²) in [4.78, 5) is 15.0. The van der Waals surface area contributed by atoms with E-state index in [1.165, 1.54) is 70.9 Å². The second kappa shape index (κ2) is 14.4. The molecule has 2 atom stereocenters. The second-order valence-electron chi connectivity index (χ2n) is 15.5. The molecule has 0 saturated heterocycles. The van der Waals surface area contributed by atoms with Crippen LogP contribution in [0.3, 0.4) is 0 Å². The molecule has 0 N–H and O–H groups in total. The number of hydrogen-bond donors (Lipinski definition) is 0. The summed E-state index contributed by atoms with van der Waals surface area (Å²) in [6, 6.07) is 54.9. The minimum Gasteiger partial charge on any atom is -0.264 e. The molecule has 11 rings (SSSR count). The normalized spacial score (nSPS) is 16.6. The van der Waals surface area contributed by atoms with Crippen LogP contribution in [0.25, 0.3) is 76.8 Å². The molecule has 7 aromatic carbocycles. The maximum absolute atomic E-state index is 5.32. The Labute approximate surface area is 338 Å². The number of benzene rings is 7. The minimum absolute atomic E-state index is 0.136. The van der Waals surface area contributed by atoms with E-state index in [2.05, 4.69) is 187 Å². The molecule has 0 aliphatic heterocycles. The van der Waals surface area contributed by atoms with Gasteiger partial charge in [0.25, 0.3) is 0 Å². The Bertz CT molecular complexity index is 3130. The van der Waals surface area contributed by atoms with Crippen LogP contribution in [0.15, 0.2) is 201 Å². The lowest BCUT2D eigenvalue weighted by atomic mass is 9.84. The third-order valence-corrected chi connectivity index (χ3v) is 12.1. The van der Waals surface area contributed by atoms with Gasteiger partial charge < -0.3 is 0 Å². The van der Waals surface area contributed by atoms with E-state index in [-0.39, 0.29) is 11.8 Å². The fraction of sp³-hybridized carbons (Fsp3) is 0.0727. The van der Waals surface area contributed by atoms with Crippen LogP contribution in [0.2, 0.25) is 0 Å². The van der Waals surface area contributed by atoms with Gasteiger partial charge in [0.2, 0.25) is 0 Å². The molecule has 3 heteroatoms. The van der Waals surface area contributed by atoms with Crippen molar-refractivity contribution in [3.63, 3.8) is 0 Å². The standard InChI is InChI=1S/C55H39N3/c1-2-15-45-38(10-1)11-8-20-46(45)42-12-7-13-43(32-42)54-34-53(39-25-21-37(22-26-39)44-14-9-31-56-35-44)57-55(58-54)40-27-23-36(24-28-40)41-29-30-51-49-18-4-3-16-47(49)48-17-5-6-19-50(48)52(51)33-41/h1-25,27-31,33-35,39,42H,26,32H2. The van der Waals surface area contributed by atoms with Gasteiger partial charge in [0.1, 0.15) is 0 Å². The predicted octanol–water partition coefficient (Wildman–Crippen LogP) is 14.1. The number of nitrogens with zero attached hydrogens (tertiary/aromatic N) is 3. The van der Waals surface area contributed by atoms with Gasteiger partial charge >= 0.3 is 0 Å². The Morgan fingerprint density at radius 2 is 1.19 bits per heavy atom. The Hall–Kier alpha value is -7.23. The molecule has 2 aromatic heterocycles. The first kappa shape index (κ1) is 34.1. The predicted molar refractivity (Wildman–Crippen MR) is 243 cm³/mol. The maximum Gasteiger partial charge on any atom is 0.160 e. The van der Waals surface area contributed by atoms with Gasteiger partial charge in [0.15, 0.2) is 5.82 Å². The molecule has 0 saturated carbocycles. The molecule has 58 heavy (non-hydrogen) atoms. The fourth-order valence-corrected chi connectivity index (χ4v) is 9.09. The Balaban J connectivity index is 0.963. The minimum atomic E-state index is 0.136. The number of hydrogen-bond acceptors (Lipinski definition) is 3. The van der Waals surface area contributed by atoms with E-state index in [0.29, 0.717) is 0 Å². The Morgan fingerprint density at radius 3 is 1.93 bits per heavy atom. The summed E-state index contributed by atoms with van der Waals surface area (Å²) >= 11 is 0. The second-order valence-corrected chi connectivity index (χ2v) is 15.5. The average molecular weight is 742 g/mol. The van der Waals surface area contributed by atoms with E-state index < -0.39 is 0 Å². The first-order valence-electron chi connectivity index (χ1n) is 20.2. The highest BCUT2D eigenvalue weighted by Gasteiger charge is 2.22. The molecule has 274 valence electrons. The summed E-state index contributed by atoms with van der Waals surface area (Å²) in [5, 5.41) is 10.3. The van der Waals surface area contributed by atoms with Gasteiger partial charge in [0, 0.05) is 29.8 Å². The molecule has 2 aliphatic carbocycles. The van der Waals surface area contributed by atoms with Crippen LogP contribution in [0, 0.1) is 0 Å². The molecule has 0 fully saturated rings. The van der Waals surface area contributed by atoms with Crippen LogP contribution < -0.4 is 0 Å². The molecule has 0 spiro atoms. The Kier molecular flexibility index (Phi) is 8.44. The zero-order valence-electron chi connectivity index (χ0n) is 32.0. The van der Waals surface area contributed by atoms with Crippen molar-refractivity contribution >= 4 is 54.2 Å². The van der Waals surface area contributed by atoms with Crippen molar-refractivity contribution in [1.29, 1.82) is 0 Å². The lowest BCUT2D eigenvalue weighted by molar-refractivity contribution is 0.807. The fourth-order valence-electron chi connectivity index (χ4n) is 9.09. The first-order valence-corrected chi connectivity index (χ1v) is 20.2. The first-order chi connectivity index (χ1) is 28.7. The van der Waals surface area contributed by atoms with Crippen molar-refractivity contribution in [3.05, 3.63) is 223 Å². The topological polar surface area (TPSA) is 38.7 Å². The van der Waals surface area contributed by atoms with Gasteiger partial charge in [0.05, 0.1) is 11.4 Å². The summed E-state index contributed by atoms with van der Waals surface area (Å²) in [7, 11) is 0. The van der Waals surface area contributed by atoms with Crippen LogP contribution in [0.5, 0.6) is 0 Å². The van der Waals surface area contributed by atoms with Crippen LogP contribution in [-0.2, 0) is 0 Å². The molecular weight excluding hydrogens is 703 g/mol. The van der Waals surface area contributed by atoms with Crippen molar-refractivity contribution in [1.82, 2.24) is 15.0 Å². The van der Waals surface area contributed by atoms with Crippen molar-refractivity contribution in [2.75, 3.05) is 0 Å². The van der Waals surface area contributed by atoms with E-state index >= 15 is 0 Å². The van der Waals surface area contributed by atoms with Gasteiger partial charge in [-0.1, -0.05) is 170 Å². The molecule has 0 amide bonds. The van der Waals surface area contributed by atoms with E-state index in [1.54, 1.807) is 0 Å². The summed E-state index contributed by atoms with van der Waals surface area (Å²) < 4.78 is 0. The van der Waals surface area contributed by atoms with E-state index in [0.717, 1.165) is 41.2 Å². The zero-order valence-corrected chi connectivity index (χ0v) is 32.0. The molecule has 3 nitrogen and oxygen atoms in total. The van der Waals surface area contributed by atoms with E-state index in [1.807, 2.05) is 18.5 Å². The number of rotatable bonds is 6. The molecule has 0 bridgehead atoms. The smallest absolute Gasteiger partial charge is 0.160 e. The number of allylic oxidation sites excluding steroid dienone is 8. The number of aromatic nitrogens is 3. The van der Waals surface area contributed by atoms with Gasteiger partial charge in [-0.25, -0.2) is 9.97 Å². The maximum atomic E-state index is 5.32. The number of fused-ring (bicyclic) bond motifs is 7. The molecule has 2 heterocycles. The lowest BCUT2D eigenvalue weighted by Gasteiger charge is -2.22. The summed E-state index contributed by atoms with van der Waals surface area (Å²) in [5.74, 6) is 1.14. The Morgan fingerprint density at radius 1 is 0.500 bits per heavy atom. The monoisotopic (exact) mass is 741 g/mol. The molecule has 2 unspecified atom stereocenters. The van der Waals surface area contributed by atoms with Crippen LogP contribution in [0.1, 0.15) is 47.2 Å². The van der Waals surface area contributed by atoms with Crippen LogP contribution in [-0.4, -0.2) is 15.0 Å². The third kappa shape index (κ3) is 6.13. The lowest BCUT2D eigenvalue weighted by Crippen LogP contribution is -2.08. The highest BCUT2D eigenvalue weighted by Crippen LogP contribution is 2.40. The summed E-state index contributed by atoms with van der Waals surface area (Å²) in [6.07, 6.45) is 19.1. The SMILES string of the molecule is C1=CC(c2cccc3ccccc23)CC(c2cc(C3C=CC(c4cccnc4)=CC3)nc(-c3ccc(-c4ccc5c6ccccc6c6ccccc6c5c4)cc3)n2)=C1. The molecule has 0 radical (unpaired) electrons. The quantitative estimate of drug-likeness (QED) is 0.159. The van der Waals surface area contributed by atoms with E-state index in [4.69, 9.17) is 9.97 Å². The van der Waals surface area contributed by atoms with Gasteiger partial charge in [-0.3, -0.25) is 4.98 Å². The summed E-state index contributed by atoms with van der Waals surface area (Å²) in [5.41, 5.74) is 10.3.